The van der Waals surface area contributed by atoms with Crippen molar-refractivity contribution >= 4 is 21.9 Å². The summed E-state index contributed by atoms with van der Waals surface area (Å²) in [6.07, 6.45) is 17.2. The van der Waals surface area contributed by atoms with E-state index in [1.165, 1.54) is 110 Å². The van der Waals surface area contributed by atoms with Crippen molar-refractivity contribution < 1.29 is 0 Å². The predicted octanol–water partition coefficient (Wildman–Crippen LogP) is 15.0. The zero-order valence-corrected chi connectivity index (χ0v) is 35.1. The fourth-order valence-corrected chi connectivity index (χ4v) is 15.2. The fourth-order valence-electron chi connectivity index (χ4n) is 15.2. The maximum atomic E-state index is 2.73. The molecule has 1 spiro atoms. The minimum Gasteiger partial charge on any atom is -0.0625 e. The number of benzene rings is 4. The lowest BCUT2D eigenvalue weighted by molar-refractivity contribution is -0.0164. The van der Waals surface area contributed by atoms with E-state index in [1.807, 2.05) is 0 Å². The van der Waals surface area contributed by atoms with E-state index >= 15 is 0 Å². The molecule has 3 saturated carbocycles. The number of hydrogen-bond donors (Lipinski definition) is 0. The molecule has 10 rings (SSSR count). The topological polar surface area (TPSA) is 0 Å². The van der Waals surface area contributed by atoms with Crippen molar-refractivity contribution in [3.05, 3.63) is 105 Å². The molecule has 54 heavy (non-hydrogen) atoms. The molecular weight excluding hydrogens is 649 g/mol. The third kappa shape index (κ3) is 4.67. The monoisotopic (exact) mass is 715 g/mol. The average Bonchev–Trinajstić information content (AvgIpc) is 3.67. The Labute approximate surface area is 327 Å². The highest BCUT2D eigenvalue weighted by atomic mass is 14.6. The molecule has 0 nitrogen and oxygen atoms in total. The summed E-state index contributed by atoms with van der Waals surface area (Å²) in [7, 11) is 0. The van der Waals surface area contributed by atoms with Crippen LogP contribution in [0.3, 0.4) is 0 Å². The van der Waals surface area contributed by atoms with E-state index in [9.17, 15) is 0 Å². The fraction of sp³-hybridized carbons (Fsp3) is 0.556. The van der Waals surface area contributed by atoms with Crippen LogP contribution in [0.25, 0.3) is 33.0 Å². The number of aryl methyl sites for hydroxylation is 3. The summed E-state index contributed by atoms with van der Waals surface area (Å²) in [5, 5.41) is 3.12. The van der Waals surface area contributed by atoms with Crippen molar-refractivity contribution in [1.29, 1.82) is 0 Å². The van der Waals surface area contributed by atoms with Crippen molar-refractivity contribution in [2.24, 2.45) is 35.5 Å². The smallest absolute Gasteiger partial charge is 0.0227 e. The van der Waals surface area contributed by atoms with E-state index in [-0.39, 0.29) is 16.2 Å². The lowest BCUT2D eigenvalue weighted by Gasteiger charge is -2.55. The molecule has 4 aromatic carbocycles. The molecule has 282 valence electrons. The quantitative estimate of drug-likeness (QED) is 0.198. The zero-order valence-electron chi connectivity index (χ0n) is 35.1. The van der Waals surface area contributed by atoms with Crippen LogP contribution in [0.4, 0.5) is 0 Å². The normalized spacial score (nSPS) is 28.4. The summed E-state index contributed by atoms with van der Waals surface area (Å²) in [5.41, 5.74) is 20.4. The van der Waals surface area contributed by atoms with E-state index in [0.29, 0.717) is 0 Å². The highest BCUT2D eigenvalue weighted by Crippen LogP contribution is 2.70. The summed E-state index contributed by atoms with van der Waals surface area (Å²) >= 11 is 0. The Bertz CT molecular complexity index is 2190. The molecule has 6 aliphatic carbocycles. The third-order valence-electron chi connectivity index (χ3n) is 16.9. The molecule has 3 fully saturated rings. The van der Waals surface area contributed by atoms with Crippen molar-refractivity contribution in [2.75, 3.05) is 0 Å². The predicted molar refractivity (Wildman–Crippen MR) is 231 cm³/mol. The van der Waals surface area contributed by atoms with Gasteiger partial charge in [0.05, 0.1) is 0 Å². The van der Waals surface area contributed by atoms with Gasteiger partial charge in [-0.25, -0.2) is 0 Å². The number of rotatable bonds is 3. The highest BCUT2D eigenvalue weighted by Gasteiger charge is 2.59. The van der Waals surface area contributed by atoms with Crippen LogP contribution in [0.2, 0.25) is 0 Å². The third-order valence-corrected chi connectivity index (χ3v) is 16.9. The van der Waals surface area contributed by atoms with Crippen LogP contribution in [0.5, 0.6) is 0 Å². The van der Waals surface area contributed by atoms with Crippen molar-refractivity contribution in [3.8, 4) is 11.1 Å². The summed E-state index contributed by atoms with van der Waals surface area (Å²) in [6.45, 7) is 22.6. The Balaban J connectivity index is 1.29. The number of allylic oxidation sites excluding steroid dienone is 2. The Kier molecular flexibility index (Phi) is 7.97. The van der Waals surface area contributed by atoms with Crippen LogP contribution in [0, 0.1) is 56.3 Å². The molecular formula is C54H66. The second kappa shape index (κ2) is 12.2. The van der Waals surface area contributed by atoms with Crippen LogP contribution >= 0.6 is 0 Å². The van der Waals surface area contributed by atoms with Crippen molar-refractivity contribution in [3.63, 3.8) is 0 Å². The minimum absolute atomic E-state index is 0.0111. The lowest BCUT2D eigenvalue weighted by atomic mass is 9.49. The molecule has 0 heteroatoms. The zero-order chi connectivity index (χ0) is 37.5. The molecule has 0 saturated heterocycles. The Morgan fingerprint density at radius 2 is 1.17 bits per heavy atom. The van der Waals surface area contributed by atoms with Crippen LogP contribution in [0.1, 0.15) is 169 Å². The van der Waals surface area contributed by atoms with Gasteiger partial charge in [0.25, 0.3) is 0 Å². The largest absolute Gasteiger partial charge is 0.0625 e. The summed E-state index contributed by atoms with van der Waals surface area (Å²) in [4.78, 5) is 0. The Morgan fingerprint density at radius 3 is 1.80 bits per heavy atom. The Morgan fingerprint density at radius 1 is 0.574 bits per heavy atom. The number of fused-ring (bicyclic) bond motifs is 12. The molecule has 0 aliphatic heterocycles. The molecule has 4 aromatic rings. The molecule has 2 unspecified atom stereocenters. The second-order valence-electron chi connectivity index (χ2n) is 21.0. The Hall–Kier alpha value is -3.12. The lowest BCUT2D eigenvalue weighted by Crippen LogP contribution is -2.49. The first kappa shape index (κ1) is 35.3. The van der Waals surface area contributed by atoms with Gasteiger partial charge in [0.1, 0.15) is 0 Å². The van der Waals surface area contributed by atoms with Crippen LogP contribution in [-0.2, 0) is 16.2 Å². The van der Waals surface area contributed by atoms with Gasteiger partial charge in [-0.05, 0) is 147 Å². The maximum Gasteiger partial charge on any atom is 0.0227 e. The summed E-state index contributed by atoms with van der Waals surface area (Å²) in [5.74, 6) is 4.91. The van der Waals surface area contributed by atoms with Crippen LogP contribution < -0.4 is 0 Å². The second-order valence-corrected chi connectivity index (χ2v) is 21.0. The highest BCUT2D eigenvalue weighted by molar-refractivity contribution is 6.12. The van der Waals surface area contributed by atoms with Crippen LogP contribution in [0.15, 0.2) is 54.6 Å². The van der Waals surface area contributed by atoms with E-state index < -0.39 is 0 Å². The molecule has 6 aliphatic rings. The summed E-state index contributed by atoms with van der Waals surface area (Å²) < 4.78 is 0. The number of hydrogen-bond acceptors (Lipinski definition) is 0. The molecule has 0 bridgehead atoms. The van der Waals surface area contributed by atoms with Gasteiger partial charge in [0, 0.05) is 16.2 Å². The summed E-state index contributed by atoms with van der Waals surface area (Å²) in [6, 6.07) is 22.6. The van der Waals surface area contributed by atoms with Gasteiger partial charge < -0.3 is 0 Å². The van der Waals surface area contributed by atoms with Gasteiger partial charge in [-0.3, -0.25) is 0 Å². The molecule has 0 amide bonds. The van der Waals surface area contributed by atoms with E-state index in [0.717, 1.165) is 35.5 Å². The standard InChI is InChI=1S/C54H66/c1-31(2)45-41(35-18-12-10-13-19-35)29-54(30-42(45)36-20-14-11-15-21-36)44-25-24-38-49(53(8,9)50-37-22-16-17-23-43(37)52(6,7)51(38)50)47(44)40-28-34(5)46-33(4)26-32(3)27-39(46)48(40)54/h16-17,22-28,31,35-36,41-42,45H,10-15,18-21,29-30H2,1-9H3. The van der Waals surface area contributed by atoms with E-state index in [1.54, 1.807) is 49.9 Å². The van der Waals surface area contributed by atoms with Gasteiger partial charge in [-0.1, -0.05) is 166 Å². The minimum atomic E-state index is -0.0747. The molecule has 0 N–H and O–H groups in total. The molecule has 0 radical (unpaired) electrons. The average molecular weight is 715 g/mol. The van der Waals surface area contributed by atoms with Gasteiger partial charge in [0.2, 0.25) is 0 Å². The van der Waals surface area contributed by atoms with Crippen molar-refractivity contribution in [1.82, 2.24) is 0 Å². The molecule has 0 aromatic heterocycles. The van der Waals surface area contributed by atoms with Gasteiger partial charge in [-0.2, -0.15) is 0 Å². The maximum absolute atomic E-state index is 2.73. The SMILES string of the molecule is Cc1cc(C)c2c(C)cc3c(c2c1)C1(CC(C2CCCCC2)C(C(C)C)C(C2CCCCC2)C1)c1ccc2c(c1-3)C(C)(C)C1=C2C(C)(C)c2ccccc21. The first-order chi connectivity index (χ1) is 25.9. The van der Waals surface area contributed by atoms with Crippen LogP contribution in [-0.4, -0.2) is 0 Å². The van der Waals surface area contributed by atoms with Gasteiger partial charge in [0.15, 0.2) is 0 Å². The molecule has 0 heterocycles. The van der Waals surface area contributed by atoms with Gasteiger partial charge >= 0.3 is 0 Å². The first-order valence-corrected chi connectivity index (χ1v) is 22.4. The molecule has 2 atom stereocenters. The first-order valence-electron chi connectivity index (χ1n) is 22.4. The van der Waals surface area contributed by atoms with Gasteiger partial charge in [-0.15, -0.1) is 0 Å². The van der Waals surface area contributed by atoms with Crippen molar-refractivity contribution in [2.45, 2.75) is 156 Å². The van der Waals surface area contributed by atoms with E-state index in [4.69, 9.17) is 0 Å². The van der Waals surface area contributed by atoms with E-state index in [2.05, 4.69) is 117 Å².